The summed E-state index contributed by atoms with van der Waals surface area (Å²) >= 11 is 0. The smallest absolute Gasteiger partial charge is 0.410 e. The Balaban J connectivity index is 1.73. The molecule has 152 valence electrons. The normalized spacial score (nSPS) is 15.6. The number of benzene rings is 1. The zero-order valence-corrected chi connectivity index (χ0v) is 16.7. The van der Waals surface area contributed by atoms with Crippen molar-refractivity contribution in [3.8, 4) is 5.75 Å². The van der Waals surface area contributed by atoms with Crippen molar-refractivity contribution in [1.29, 1.82) is 0 Å². The number of piperazine rings is 1. The highest BCUT2D eigenvalue weighted by molar-refractivity contribution is 5.95. The second kappa shape index (κ2) is 7.71. The van der Waals surface area contributed by atoms with Gasteiger partial charge < -0.3 is 24.5 Å². The molecule has 1 saturated heterocycles. The molecule has 0 saturated carbocycles. The van der Waals surface area contributed by atoms with Gasteiger partial charge in [-0.15, -0.1) is 0 Å². The van der Waals surface area contributed by atoms with Crippen LogP contribution in [0.4, 0.5) is 4.79 Å². The summed E-state index contributed by atoms with van der Waals surface area (Å²) in [5.74, 6) is -0.273. The van der Waals surface area contributed by atoms with Gasteiger partial charge in [0.15, 0.2) is 0 Å². The van der Waals surface area contributed by atoms with Crippen LogP contribution in [0.1, 0.15) is 36.8 Å². The van der Waals surface area contributed by atoms with Crippen molar-refractivity contribution in [2.24, 2.45) is 0 Å². The predicted molar refractivity (Wildman–Crippen MR) is 105 cm³/mol. The summed E-state index contributed by atoms with van der Waals surface area (Å²) in [7, 11) is 1.61. The lowest BCUT2D eigenvalue weighted by molar-refractivity contribution is 0.0138. The van der Waals surface area contributed by atoms with E-state index < -0.39 is 11.6 Å². The average Bonchev–Trinajstić information content (AvgIpc) is 3.06. The van der Waals surface area contributed by atoms with Crippen LogP contribution in [0.15, 0.2) is 18.2 Å². The number of methoxy groups -OCH3 is 1. The van der Waals surface area contributed by atoms with Crippen LogP contribution in [-0.4, -0.2) is 70.8 Å². The number of nitrogens with zero attached hydrogens (tertiary/aromatic N) is 2. The van der Waals surface area contributed by atoms with Crippen LogP contribution < -0.4 is 4.74 Å². The van der Waals surface area contributed by atoms with Crippen molar-refractivity contribution in [1.82, 2.24) is 14.8 Å². The maximum atomic E-state index is 12.2. The van der Waals surface area contributed by atoms with E-state index in [4.69, 9.17) is 9.47 Å². The molecule has 2 aromatic rings. The summed E-state index contributed by atoms with van der Waals surface area (Å²) in [4.78, 5) is 30.4. The number of carbonyl (C=O) groups is 2. The van der Waals surface area contributed by atoms with Crippen LogP contribution in [0.25, 0.3) is 10.9 Å². The predicted octanol–water partition coefficient (Wildman–Crippen LogP) is 2.93. The lowest BCUT2D eigenvalue weighted by atomic mass is 10.1. The highest BCUT2D eigenvalue weighted by Gasteiger charge is 2.26. The molecule has 0 unspecified atom stereocenters. The Morgan fingerprint density at radius 2 is 1.86 bits per heavy atom. The number of ether oxygens (including phenoxy) is 2. The van der Waals surface area contributed by atoms with Gasteiger partial charge in [-0.1, -0.05) is 0 Å². The molecule has 3 rings (SSSR count). The number of hydrogen-bond acceptors (Lipinski definition) is 5. The molecule has 28 heavy (non-hydrogen) atoms. The van der Waals surface area contributed by atoms with E-state index in [1.165, 1.54) is 0 Å². The van der Waals surface area contributed by atoms with Gasteiger partial charge in [0.1, 0.15) is 17.0 Å². The number of H-pyrrole nitrogens is 1. The first-order valence-corrected chi connectivity index (χ1v) is 9.30. The minimum absolute atomic E-state index is 0.152. The number of fused-ring (bicyclic) bond motifs is 1. The maximum Gasteiger partial charge on any atom is 0.410 e. The number of carboxylic acid groups (broad SMARTS) is 1. The summed E-state index contributed by atoms with van der Waals surface area (Å²) in [5.41, 5.74) is 1.35. The fourth-order valence-corrected chi connectivity index (χ4v) is 3.35. The number of rotatable bonds is 4. The quantitative estimate of drug-likeness (QED) is 0.835. The Labute approximate surface area is 164 Å². The highest BCUT2D eigenvalue weighted by atomic mass is 16.6. The molecule has 0 spiro atoms. The van der Waals surface area contributed by atoms with E-state index in [1.54, 1.807) is 18.1 Å². The summed E-state index contributed by atoms with van der Waals surface area (Å²) in [5, 5.41) is 10.1. The SMILES string of the molecule is COc1ccc2[nH]c(C(=O)O)cc2c1CN1CCN(C(=O)OC(C)(C)C)CC1. The molecule has 1 aliphatic rings. The number of nitrogens with one attached hydrogen (secondary N) is 1. The molecule has 1 fully saturated rings. The highest BCUT2D eigenvalue weighted by Crippen LogP contribution is 2.30. The van der Waals surface area contributed by atoms with Crippen LogP contribution in [0, 0.1) is 0 Å². The number of aromatic amines is 1. The van der Waals surface area contributed by atoms with Gasteiger partial charge >= 0.3 is 12.1 Å². The molecule has 0 radical (unpaired) electrons. The number of aromatic nitrogens is 1. The van der Waals surface area contributed by atoms with E-state index in [0.29, 0.717) is 32.7 Å². The van der Waals surface area contributed by atoms with E-state index >= 15 is 0 Å². The summed E-state index contributed by atoms with van der Waals surface area (Å²) in [6.45, 7) is 8.76. The van der Waals surface area contributed by atoms with E-state index in [-0.39, 0.29) is 11.8 Å². The monoisotopic (exact) mass is 389 g/mol. The minimum Gasteiger partial charge on any atom is -0.496 e. The number of carbonyl (C=O) groups excluding carboxylic acids is 1. The molecule has 2 heterocycles. The molecular formula is C20H27N3O5. The summed E-state index contributed by atoms with van der Waals surface area (Å²) < 4.78 is 10.9. The maximum absolute atomic E-state index is 12.2. The Kier molecular flexibility index (Phi) is 5.51. The largest absolute Gasteiger partial charge is 0.496 e. The molecule has 0 atom stereocenters. The lowest BCUT2D eigenvalue weighted by Crippen LogP contribution is -2.49. The summed E-state index contributed by atoms with van der Waals surface area (Å²) in [6.07, 6.45) is -0.288. The molecule has 8 nitrogen and oxygen atoms in total. The third kappa shape index (κ3) is 4.39. The molecular weight excluding hydrogens is 362 g/mol. The first-order chi connectivity index (χ1) is 13.2. The van der Waals surface area contributed by atoms with Gasteiger partial charge in [-0.05, 0) is 39.0 Å². The van der Waals surface area contributed by atoms with Crippen molar-refractivity contribution in [2.75, 3.05) is 33.3 Å². The third-order valence-corrected chi connectivity index (χ3v) is 4.73. The first-order valence-electron chi connectivity index (χ1n) is 9.30. The Morgan fingerprint density at radius 1 is 1.18 bits per heavy atom. The fraction of sp³-hybridized carbons (Fsp3) is 0.500. The van der Waals surface area contributed by atoms with E-state index in [2.05, 4.69) is 9.88 Å². The number of amides is 1. The van der Waals surface area contributed by atoms with Gasteiger partial charge in [-0.2, -0.15) is 0 Å². The van der Waals surface area contributed by atoms with Gasteiger partial charge in [0, 0.05) is 49.2 Å². The molecule has 0 bridgehead atoms. The van der Waals surface area contributed by atoms with E-state index in [0.717, 1.165) is 22.2 Å². The number of carboxylic acids is 1. The molecule has 1 aliphatic heterocycles. The van der Waals surface area contributed by atoms with Crippen molar-refractivity contribution >= 4 is 23.0 Å². The van der Waals surface area contributed by atoms with Crippen LogP contribution in [0.2, 0.25) is 0 Å². The van der Waals surface area contributed by atoms with Crippen molar-refractivity contribution in [3.05, 3.63) is 29.5 Å². The summed E-state index contributed by atoms with van der Waals surface area (Å²) in [6, 6.07) is 5.31. The Morgan fingerprint density at radius 3 is 2.43 bits per heavy atom. The fourth-order valence-electron chi connectivity index (χ4n) is 3.35. The zero-order chi connectivity index (χ0) is 20.5. The van der Waals surface area contributed by atoms with Gasteiger partial charge in [0.25, 0.3) is 0 Å². The minimum atomic E-state index is -0.993. The number of hydrogen-bond donors (Lipinski definition) is 2. The Bertz CT molecular complexity index is 876. The second-order valence-electron chi connectivity index (χ2n) is 7.94. The van der Waals surface area contributed by atoms with Crippen molar-refractivity contribution < 1.29 is 24.2 Å². The van der Waals surface area contributed by atoms with Crippen LogP contribution >= 0.6 is 0 Å². The van der Waals surface area contributed by atoms with Gasteiger partial charge in [-0.25, -0.2) is 9.59 Å². The van der Waals surface area contributed by atoms with E-state index in [1.807, 2.05) is 32.9 Å². The number of aromatic carboxylic acids is 1. The van der Waals surface area contributed by atoms with Crippen molar-refractivity contribution in [3.63, 3.8) is 0 Å². The topological polar surface area (TPSA) is 95.1 Å². The second-order valence-corrected chi connectivity index (χ2v) is 7.94. The third-order valence-electron chi connectivity index (χ3n) is 4.73. The molecule has 1 aromatic carbocycles. The Hall–Kier alpha value is -2.74. The average molecular weight is 389 g/mol. The lowest BCUT2D eigenvalue weighted by Gasteiger charge is -2.35. The first kappa shape index (κ1) is 20.0. The van der Waals surface area contributed by atoms with Crippen LogP contribution in [0.5, 0.6) is 5.75 Å². The van der Waals surface area contributed by atoms with Crippen LogP contribution in [-0.2, 0) is 11.3 Å². The standard InChI is InChI=1S/C20H27N3O5/c1-20(2,3)28-19(26)23-9-7-22(8-10-23)12-14-13-11-16(18(24)25)21-15(13)5-6-17(14)27-4/h5-6,11,21H,7-10,12H2,1-4H3,(H,24,25). The molecule has 1 aromatic heterocycles. The molecule has 8 heteroatoms. The molecule has 1 amide bonds. The van der Waals surface area contributed by atoms with Gasteiger partial charge in [-0.3, -0.25) is 4.90 Å². The molecule has 2 N–H and O–H groups in total. The van der Waals surface area contributed by atoms with Crippen LogP contribution in [0.3, 0.4) is 0 Å². The van der Waals surface area contributed by atoms with Gasteiger partial charge in [0.05, 0.1) is 7.11 Å². The van der Waals surface area contributed by atoms with Crippen molar-refractivity contribution in [2.45, 2.75) is 32.9 Å². The molecule has 0 aliphatic carbocycles. The van der Waals surface area contributed by atoms with E-state index in [9.17, 15) is 14.7 Å². The zero-order valence-electron chi connectivity index (χ0n) is 16.7. The van der Waals surface area contributed by atoms with Gasteiger partial charge in [0.2, 0.25) is 0 Å².